The van der Waals surface area contributed by atoms with Crippen LogP contribution in [0.15, 0.2) is 66.7 Å². The molecule has 38 heavy (non-hydrogen) atoms. The highest BCUT2D eigenvalue weighted by Gasteiger charge is 2.35. The second-order valence-electron chi connectivity index (χ2n) is 9.32. The first-order valence-electron chi connectivity index (χ1n) is 12.1. The molecule has 4 aromatic rings. The number of hydrogen-bond donors (Lipinski definition) is 2. The lowest BCUT2D eigenvalue weighted by Crippen LogP contribution is -2.34. The van der Waals surface area contributed by atoms with Gasteiger partial charge in [0, 0.05) is 22.6 Å². The number of rotatable bonds is 4. The first-order valence-corrected chi connectivity index (χ1v) is 12.8. The molecule has 0 saturated carbocycles. The van der Waals surface area contributed by atoms with Gasteiger partial charge in [-0.1, -0.05) is 59.6 Å². The summed E-state index contributed by atoms with van der Waals surface area (Å²) in [5.74, 6) is -0.766. The first kappa shape index (κ1) is 24.8. The Labute approximate surface area is 228 Å². The molecule has 6 nitrogen and oxygen atoms in total. The Morgan fingerprint density at radius 2 is 1.89 bits per heavy atom. The molecule has 0 spiro atoms. The maximum Gasteiger partial charge on any atom is 0.272 e. The van der Waals surface area contributed by atoms with Gasteiger partial charge < -0.3 is 15.2 Å². The molecule has 3 aromatic carbocycles. The smallest absolute Gasteiger partial charge is 0.272 e. The van der Waals surface area contributed by atoms with E-state index in [0.29, 0.717) is 33.4 Å². The van der Waals surface area contributed by atoms with Crippen LogP contribution in [0.5, 0.6) is 0 Å². The molecule has 1 aromatic heterocycles. The van der Waals surface area contributed by atoms with E-state index in [0.717, 1.165) is 22.3 Å². The fraction of sp³-hybridized carbons (Fsp3) is 0.172. The highest BCUT2D eigenvalue weighted by atomic mass is 35.5. The average Bonchev–Trinajstić information content (AvgIpc) is 3.44. The fourth-order valence-corrected chi connectivity index (χ4v) is 5.57. The number of nitrogens with zero attached hydrogens (tertiary/aromatic N) is 2. The third-order valence-corrected chi connectivity index (χ3v) is 7.38. The summed E-state index contributed by atoms with van der Waals surface area (Å²) in [6.07, 6.45) is 1.59. The fourth-order valence-electron chi connectivity index (χ4n) is 5.09. The Hall–Kier alpha value is -3.49. The van der Waals surface area contributed by atoms with Crippen LogP contribution in [0.1, 0.15) is 44.5 Å². The van der Waals surface area contributed by atoms with Gasteiger partial charge in [0.2, 0.25) is 0 Å². The molecule has 2 heterocycles. The number of nitrogens with one attached hydrogen (secondary N) is 1. The third kappa shape index (κ3) is 4.52. The molecule has 6 rings (SSSR count). The van der Waals surface area contributed by atoms with Gasteiger partial charge in [-0.05, 0) is 53.1 Å². The van der Waals surface area contributed by atoms with Crippen LogP contribution in [-0.2, 0) is 17.8 Å². The van der Waals surface area contributed by atoms with Crippen molar-refractivity contribution in [2.24, 2.45) is 0 Å². The van der Waals surface area contributed by atoms with E-state index in [9.17, 15) is 14.3 Å². The van der Waals surface area contributed by atoms with Crippen molar-refractivity contribution in [2.45, 2.75) is 25.2 Å². The summed E-state index contributed by atoms with van der Waals surface area (Å²) in [5.41, 5.74) is 5.38. The number of aliphatic hydroxyl groups excluding tert-OH is 1. The second-order valence-corrected chi connectivity index (χ2v) is 10.2. The maximum absolute atomic E-state index is 13.6. The maximum atomic E-state index is 13.6. The number of fused-ring (bicyclic) bond motifs is 2. The van der Waals surface area contributed by atoms with Crippen LogP contribution >= 0.6 is 23.2 Å². The summed E-state index contributed by atoms with van der Waals surface area (Å²) in [4.78, 5) is 13.6. The monoisotopic (exact) mass is 549 g/mol. The van der Waals surface area contributed by atoms with E-state index in [1.807, 2.05) is 30.3 Å². The molecule has 2 atom stereocenters. The van der Waals surface area contributed by atoms with Crippen molar-refractivity contribution in [2.75, 3.05) is 6.61 Å². The van der Waals surface area contributed by atoms with Crippen molar-refractivity contribution < 1.29 is 19.0 Å². The summed E-state index contributed by atoms with van der Waals surface area (Å²) in [5, 5.41) is 19.2. The van der Waals surface area contributed by atoms with Crippen molar-refractivity contribution in [1.82, 2.24) is 15.1 Å². The lowest BCUT2D eigenvalue weighted by molar-refractivity contribution is 0.0846. The van der Waals surface area contributed by atoms with Crippen molar-refractivity contribution >= 4 is 40.8 Å². The number of carbonyl (C=O) groups is 1. The van der Waals surface area contributed by atoms with Crippen LogP contribution in [0.3, 0.4) is 0 Å². The minimum absolute atomic E-state index is 0.161. The van der Waals surface area contributed by atoms with Crippen molar-refractivity contribution in [1.29, 1.82) is 0 Å². The number of benzene rings is 3. The van der Waals surface area contributed by atoms with Gasteiger partial charge in [-0.3, -0.25) is 4.79 Å². The summed E-state index contributed by atoms with van der Waals surface area (Å²) in [6.45, 7) is 0.422. The molecule has 0 fully saturated rings. The Bertz CT molecular complexity index is 1580. The standard InChI is InChI=1S/C29H22Cl2FN3O3/c30-19-7-10-24(23(31)13-19)35-28-18(11-16-5-8-20(32)9-6-16)14-38-15-22(28)27(34-35)29(37)33-26-21-4-2-1-3-17(21)12-25(26)36/h1-11,13,25-26,36H,12,14-15H2,(H,33,37)/b18-11+/t25-,26+/m1/s1. The molecule has 0 bridgehead atoms. The Kier molecular flexibility index (Phi) is 6.53. The summed E-state index contributed by atoms with van der Waals surface area (Å²) in [6, 6.07) is 18.2. The van der Waals surface area contributed by atoms with E-state index >= 15 is 0 Å². The van der Waals surface area contributed by atoms with Gasteiger partial charge in [-0.25, -0.2) is 9.07 Å². The summed E-state index contributed by atoms with van der Waals surface area (Å²) in [7, 11) is 0. The number of carbonyl (C=O) groups excluding carboxylic acids is 1. The normalized spacial score (nSPS) is 19.3. The number of amides is 1. The van der Waals surface area contributed by atoms with Crippen LogP contribution < -0.4 is 5.32 Å². The van der Waals surface area contributed by atoms with E-state index in [2.05, 4.69) is 5.32 Å². The Morgan fingerprint density at radius 3 is 2.68 bits per heavy atom. The van der Waals surface area contributed by atoms with Gasteiger partial charge in [-0.15, -0.1) is 0 Å². The van der Waals surface area contributed by atoms with Crippen LogP contribution in [0.25, 0.3) is 17.3 Å². The summed E-state index contributed by atoms with van der Waals surface area (Å²) >= 11 is 12.7. The van der Waals surface area contributed by atoms with Crippen LogP contribution in [0.4, 0.5) is 4.39 Å². The molecular weight excluding hydrogens is 528 g/mol. The molecule has 2 N–H and O–H groups in total. The van der Waals surface area contributed by atoms with E-state index in [-0.39, 0.29) is 24.7 Å². The lowest BCUT2D eigenvalue weighted by Gasteiger charge is -2.20. The molecule has 2 aliphatic rings. The van der Waals surface area contributed by atoms with Gasteiger partial charge in [0.1, 0.15) is 5.82 Å². The number of halogens is 3. The molecule has 0 unspecified atom stereocenters. The predicted molar refractivity (Wildman–Crippen MR) is 144 cm³/mol. The van der Waals surface area contributed by atoms with Gasteiger partial charge in [-0.2, -0.15) is 5.10 Å². The van der Waals surface area contributed by atoms with E-state index < -0.39 is 18.1 Å². The summed E-state index contributed by atoms with van der Waals surface area (Å²) < 4.78 is 21.0. The molecular formula is C29H22Cl2FN3O3. The lowest BCUT2D eigenvalue weighted by atomic mass is 10.0. The van der Waals surface area contributed by atoms with E-state index in [1.54, 1.807) is 35.0 Å². The predicted octanol–water partition coefficient (Wildman–Crippen LogP) is 5.78. The molecule has 192 valence electrons. The number of aromatic nitrogens is 2. The Morgan fingerprint density at radius 1 is 1.11 bits per heavy atom. The van der Waals surface area contributed by atoms with Gasteiger partial charge in [0.15, 0.2) is 5.69 Å². The van der Waals surface area contributed by atoms with Gasteiger partial charge >= 0.3 is 0 Å². The molecule has 0 radical (unpaired) electrons. The number of hydrogen-bond acceptors (Lipinski definition) is 4. The second kappa shape index (κ2) is 10.0. The first-order chi connectivity index (χ1) is 18.4. The largest absolute Gasteiger partial charge is 0.390 e. The topological polar surface area (TPSA) is 76.4 Å². The quantitative estimate of drug-likeness (QED) is 0.338. The molecule has 9 heteroatoms. The van der Waals surface area contributed by atoms with Gasteiger partial charge in [0.05, 0.1) is 41.8 Å². The zero-order chi connectivity index (χ0) is 26.4. The van der Waals surface area contributed by atoms with Crippen molar-refractivity contribution in [3.63, 3.8) is 0 Å². The zero-order valence-electron chi connectivity index (χ0n) is 20.0. The van der Waals surface area contributed by atoms with Crippen molar-refractivity contribution in [3.8, 4) is 5.69 Å². The molecule has 0 saturated heterocycles. The number of aliphatic hydroxyl groups is 1. The highest BCUT2D eigenvalue weighted by Crippen LogP contribution is 2.36. The SMILES string of the molecule is O=C(N[C@H]1c2ccccc2C[C@H]1O)c1nn(-c2ccc(Cl)cc2Cl)c2c1COC/C2=C\c1ccc(F)cc1. The van der Waals surface area contributed by atoms with Crippen LogP contribution in [0.2, 0.25) is 10.0 Å². The average molecular weight is 550 g/mol. The number of ether oxygens (including phenoxy) is 1. The molecule has 1 amide bonds. The van der Waals surface area contributed by atoms with Crippen LogP contribution in [-0.4, -0.2) is 33.5 Å². The highest BCUT2D eigenvalue weighted by molar-refractivity contribution is 6.35. The van der Waals surface area contributed by atoms with E-state index in [1.165, 1.54) is 12.1 Å². The Balaban J connectivity index is 1.46. The molecule has 1 aliphatic heterocycles. The molecule has 1 aliphatic carbocycles. The van der Waals surface area contributed by atoms with E-state index in [4.69, 9.17) is 33.0 Å². The van der Waals surface area contributed by atoms with Crippen LogP contribution in [0, 0.1) is 5.82 Å². The van der Waals surface area contributed by atoms with Gasteiger partial charge in [0.25, 0.3) is 5.91 Å². The zero-order valence-corrected chi connectivity index (χ0v) is 21.5. The third-order valence-electron chi connectivity index (χ3n) is 6.85. The van der Waals surface area contributed by atoms with Crippen molar-refractivity contribution in [3.05, 3.63) is 116 Å². The minimum atomic E-state index is -0.745. The minimum Gasteiger partial charge on any atom is -0.390 e.